The maximum atomic E-state index is 8.46. The van der Waals surface area contributed by atoms with Crippen molar-refractivity contribution < 1.29 is 21.1 Å². The first-order valence-corrected chi connectivity index (χ1v) is 7.04. The number of benzene rings is 2. The van der Waals surface area contributed by atoms with Crippen LogP contribution in [0.25, 0.3) is 0 Å². The fraction of sp³-hybridized carbons (Fsp3) is 0.167. The Labute approximate surface area is 147 Å². The van der Waals surface area contributed by atoms with Crippen molar-refractivity contribution in [3.63, 3.8) is 0 Å². The average Bonchev–Trinajstić information content (AvgIpc) is 2.55. The average molecular weight is 463 g/mol. The van der Waals surface area contributed by atoms with E-state index < -0.39 is 0 Å². The van der Waals surface area contributed by atoms with Crippen molar-refractivity contribution in [3.8, 4) is 0 Å². The van der Waals surface area contributed by atoms with Crippen molar-refractivity contribution in [2.24, 2.45) is 0 Å². The molecule has 114 valence electrons. The second kappa shape index (κ2) is 9.42. The molecule has 2 aromatic carbocycles. The van der Waals surface area contributed by atoms with E-state index in [1.165, 1.54) is 5.56 Å². The first-order chi connectivity index (χ1) is 10.3. The quantitative estimate of drug-likeness (QED) is 0.418. The van der Waals surface area contributed by atoms with Crippen LogP contribution in [0.4, 0.5) is 5.69 Å². The Kier molecular flexibility index (Phi) is 7.90. The predicted molar refractivity (Wildman–Crippen MR) is 89.1 cm³/mol. The van der Waals surface area contributed by atoms with Gasteiger partial charge in [-0.25, -0.2) is 0 Å². The molecule has 0 amide bonds. The maximum Gasteiger partial charge on any atom is 2.00 e. The molecule has 0 fully saturated rings. The summed E-state index contributed by atoms with van der Waals surface area (Å²) in [5.41, 5.74) is 2.16. The summed E-state index contributed by atoms with van der Waals surface area (Å²) in [5.74, 6) is 0.426. The molecular weight excluding hydrogens is 442 g/mol. The van der Waals surface area contributed by atoms with Crippen LogP contribution >= 0.6 is 0 Å². The zero-order chi connectivity index (χ0) is 15.1. The summed E-state index contributed by atoms with van der Waals surface area (Å²) < 4.78 is 0. The number of rotatable bonds is 5. The molecule has 4 heteroatoms. The van der Waals surface area contributed by atoms with E-state index in [-0.39, 0.29) is 21.1 Å². The van der Waals surface area contributed by atoms with Crippen LogP contribution in [0.15, 0.2) is 60.7 Å². The van der Waals surface area contributed by atoms with E-state index in [1.54, 1.807) is 0 Å². The second-order valence-corrected chi connectivity index (χ2v) is 4.72. The maximum absolute atomic E-state index is 8.46. The van der Waals surface area contributed by atoms with E-state index in [1.807, 2.05) is 58.3 Å². The van der Waals surface area contributed by atoms with Gasteiger partial charge >= 0.3 is 21.1 Å². The molecule has 0 saturated carbocycles. The van der Waals surface area contributed by atoms with E-state index in [2.05, 4.69) is 26.0 Å². The number of anilines is 1. The van der Waals surface area contributed by atoms with Crippen molar-refractivity contribution in [2.75, 3.05) is 18.0 Å². The summed E-state index contributed by atoms with van der Waals surface area (Å²) in [6.07, 6.45) is 0. The first kappa shape index (κ1) is 18.4. The fourth-order valence-electron chi connectivity index (χ4n) is 2.16. The summed E-state index contributed by atoms with van der Waals surface area (Å²) in [4.78, 5) is 3.82. The Morgan fingerprint density at radius 2 is 1.36 bits per heavy atom. The number of hydrogen-bond donors (Lipinski definition) is 1. The van der Waals surface area contributed by atoms with E-state index in [4.69, 9.17) is 5.41 Å². The number of para-hydroxylation sites is 1. The molecule has 2 rings (SSSR count). The van der Waals surface area contributed by atoms with Crippen LogP contribution in [0.2, 0.25) is 0 Å². The van der Waals surface area contributed by atoms with Crippen molar-refractivity contribution in [1.29, 1.82) is 5.41 Å². The van der Waals surface area contributed by atoms with Crippen LogP contribution in [0.3, 0.4) is 0 Å². The number of nitrogens with one attached hydrogen (secondary N) is 1. The van der Waals surface area contributed by atoms with Gasteiger partial charge in [0, 0.05) is 5.69 Å². The van der Waals surface area contributed by atoms with Gasteiger partial charge in [0.25, 0.3) is 0 Å². The van der Waals surface area contributed by atoms with Gasteiger partial charge in [-0.3, -0.25) is 5.41 Å². The molecule has 0 bridgehead atoms. The van der Waals surface area contributed by atoms with Crippen LogP contribution in [0.1, 0.15) is 5.56 Å². The van der Waals surface area contributed by atoms with E-state index >= 15 is 0 Å². The molecule has 0 radical (unpaired) electrons. The van der Waals surface area contributed by atoms with Gasteiger partial charge in [0.15, 0.2) is 5.96 Å². The number of nitrogens with zero attached hydrogens (tertiary/aromatic N) is 2. The minimum atomic E-state index is 0. The van der Waals surface area contributed by atoms with Crippen molar-refractivity contribution in [3.05, 3.63) is 80.1 Å². The standard InChI is InChI=1S/C18H21N3.W/c1-3-20(4-2)18(19)21(17-13-9-6-10-14-17)15-16-11-7-5-8-12-16;/h5-14,19H,1-4,15H2;/q-2;+2. The van der Waals surface area contributed by atoms with Gasteiger partial charge in [0.1, 0.15) is 0 Å². The first-order valence-electron chi connectivity index (χ1n) is 7.04. The molecule has 0 heterocycles. The Morgan fingerprint density at radius 3 is 1.86 bits per heavy atom. The molecule has 0 aromatic heterocycles. The van der Waals surface area contributed by atoms with E-state index in [9.17, 15) is 0 Å². The molecule has 3 nitrogen and oxygen atoms in total. The Morgan fingerprint density at radius 1 is 0.864 bits per heavy atom. The third kappa shape index (κ3) is 4.71. The SMILES string of the molecule is [CH2-]CN(C[CH2-])C(=N)N(Cc1ccccc1)c1ccccc1.[W+2]. The zero-order valence-electron chi connectivity index (χ0n) is 12.6. The van der Waals surface area contributed by atoms with Gasteiger partial charge in [-0.2, -0.15) is 0 Å². The Balaban J connectivity index is 0.00000242. The van der Waals surface area contributed by atoms with Gasteiger partial charge in [-0.05, 0) is 17.7 Å². The summed E-state index contributed by atoms with van der Waals surface area (Å²) in [6.45, 7) is 9.47. The van der Waals surface area contributed by atoms with Gasteiger partial charge in [0.05, 0.1) is 6.54 Å². The normalized spacial score (nSPS) is 9.73. The van der Waals surface area contributed by atoms with Gasteiger partial charge in [0.2, 0.25) is 0 Å². The fourth-order valence-corrected chi connectivity index (χ4v) is 2.16. The molecule has 0 saturated heterocycles. The minimum Gasteiger partial charge on any atom is -0.403 e. The molecule has 0 aliphatic heterocycles. The van der Waals surface area contributed by atoms with Gasteiger partial charge in [-0.15, -0.1) is 13.1 Å². The zero-order valence-corrected chi connectivity index (χ0v) is 15.5. The Hall–Kier alpha value is -1.60. The van der Waals surface area contributed by atoms with Crippen molar-refractivity contribution in [2.45, 2.75) is 6.54 Å². The summed E-state index contributed by atoms with van der Waals surface area (Å²) in [5, 5.41) is 8.46. The van der Waals surface area contributed by atoms with Crippen LogP contribution in [-0.2, 0) is 27.6 Å². The Bertz CT molecular complexity index is 553. The smallest absolute Gasteiger partial charge is 0.403 e. The van der Waals surface area contributed by atoms with Crippen LogP contribution in [0, 0.1) is 19.3 Å². The van der Waals surface area contributed by atoms with Crippen LogP contribution < -0.4 is 4.90 Å². The van der Waals surface area contributed by atoms with E-state index in [0.717, 1.165) is 5.69 Å². The van der Waals surface area contributed by atoms with Crippen molar-refractivity contribution >= 4 is 11.6 Å². The molecule has 22 heavy (non-hydrogen) atoms. The summed E-state index contributed by atoms with van der Waals surface area (Å²) in [7, 11) is 0. The molecule has 0 atom stereocenters. The largest absolute Gasteiger partial charge is 2.00 e. The topological polar surface area (TPSA) is 30.3 Å². The molecule has 0 aliphatic carbocycles. The van der Waals surface area contributed by atoms with Gasteiger partial charge in [-0.1, -0.05) is 48.5 Å². The van der Waals surface area contributed by atoms with Crippen LogP contribution in [-0.4, -0.2) is 23.9 Å². The van der Waals surface area contributed by atoms with Crippen LogP contribution in [0.5, 0.6) is 0 Å². The molecule has 0 aliphatic rings. The molecule has 1 N–H and O–H groups in total. The number of guanidine groups is 1. The third-order valence-electron chi connectivity index (χ3n) is 3.35. The van der Waals surface area contributed by atoms with Gasteiger partial charge < -0.3 is 23.6 Å². The third-order valence-corrected chi connectivity index (χ3v) is 3.35. The molecule has 0 spiro atoms. The molecule has 0 unspecified atom stereocenters. The summed E-state index contributed by atoms with van der Waals surface area (Å²) in [6, 6.07) is 20.2. The predicted octanol–water partition coefficient (Wildman–Crippen LogP) is 3.60. The second-order valence-electron chi connectivity index (χ2n) is 4.72. The molecule has 2 aromatic rings. The monoisotopic (exact) mass is 463 g/mol. The molecular formula is C18H21N3W. The minimum absolute atomic E-state index is 0. The van der Waals surface area contributed by atoms with E-state index in [0.29, 0.717) is 25.6 Å². The summed E-state index contributed by atoms with van der Waals surface area (Å²) >= 11 is 0. The van der Waals surface area contributed by atoms with Crippen molar-refractivity contribution in [1.82, 2.24) is 4.90 Å². The number of hydrogen-bond acceptors (Lipinski definition) is 1.